The molecule has 0 bridgehead atoms. The van der Waals surface area contributed by atoms with Crippen molar-refractivity contribution in [2.24, 2.45) is 0 Å². The van der Waals surface area contributed by atoms with E-state index in [1.165, 1.54) is 13.3 Å². The Hall–Kier alpha value is -2.85. The van der Waals surface area contributed by atoms with Crippen LogP contribution in [0.25, 0.3) is 5.69 Å². The Balaban J connectivity index is 1.28. The smallest absolute Gasteiger partial charge is 0.265 e. The van der Waals surface area contributed by atoms with Gasteiger partial charge in [0, 0.05) is 43.1 Å². The Morgan fingerprint density at radius 1 is 1.11 bits per heavy atom. The number of rotatable bonds is 4. The summed E-state index contributed by atoms with van der Waals surface area (Å²) in [6.07, 6.45) is 2.64. The summed E-state index contributed by atoms with van der Waals surface area (Å²) < 4.78 is 48.8. The molecule has 1 aromatic carbocycles. The van der Waals surface area contributed by atoms with Gasteiger partial charge >= 0.3 is 0 Å². The van der Waals surface area contributed by atoms with Crippen LogP contribution in [-0.4, -0.2) is 56.8 Å². The number of hydrogen-bond donors (Lipinski definition) is 0. The molecule has 7 nitrogen and oxygen atoms in total. The van der Waals surface area contributed by atoms with Gasteiger partial charge in [-0.2, -0.15) is 0 Å². The number of pyridine rings is 1. The van der Waals surface area contributed by atoms with Gasteiger partial charge < -0.3 is 9.64 Å². The number of methoxy groups -OCH3 is 1. The van der Waals surface area contributed by atoms with E-state index in [0.29, 0.717) is 42.8 Å². The predicted molar refractivity (Wildman–Crippen MR) is 124 cm³/mol. The normalized spacial score (nSPS) is 21.9. The number of piperidine rings is 1. The average molecular weight is 505 g/mol. The van der Waals surface area contributed by atoms with Gasteiger partial charge in [0.15, 0.2) is 17.4 Å². The second-order valence-corrected chi connectivity index (χ2v) is 9.84. The molecule has 0 radical (unpaired) electrons. The Labute approximate surface area is 205 Å². The summed E-state index contributed by atoms with van der Waals surface area (Å²) in [5.41, 5.74) is 1.78. The molecule has 2 fully saturated rings. The van der Waals surface area contributed by atoms with E-state index in [1.54, 1.807) is 11.0 Å². The van der Waals surface area contributed by atoms with Crippen molar-refractivity contribution < 1.29 is 17.9 Å². The largest absolute Gasteiger partial charge is 0.493 e. The third kappa shape index (κ3) is 4.02. The Morgan fingerprint density at radius 3 is 2.60 bits per heavy atom. The number of ether oxygens (including phenoxy) is 1. The topological polar surface area (TPSA) is 59.3 Å². The molecule has 184 valence electrons. The Bertz CT molecular complexity index is 1280. The molecule has 4 heterocycles. The van der Waals surface area contributed by atoms with Crippen molar-refractivity contribution in [1.82, 2.24) is 24.6 Å². The number of alkyl halides is 2. The molecule has 2 aliphatic heterocycles. The molecule has 1 aliphatic carbocycles. The molecule has 1 atom stereocenters. The minimum absolute atomic E-state index is 0.132. The minimum Gasteiger partial charge on any atom is -0.493 e. The van der Waals surface area contributed by atoms with Crippen molar-refractivity contribution in [3.05, 3.63) is 58.5 Å². The van der Waals surface area contributed by atoms with E-state index < -0.39 is 17.8 Å². The molecule has 11 heteroatoms. The third-order valence-corrected chi connectivity index (χ3v) is 7.43. The highest BCUT2D eigenvalue weighted by atomic mass is 35.5. The molecule has 0 amide bonds. The fourth-order valence-corrected chi connectivity index (χ4v) is 5.43. The van der Waals surface area contributed by atoms with Crippen molar-refractivity contribution in [2.75, 3.05) is 25.1 Å². The van der Waals surface area contributed by atoms with Crippen molar-refractivity contribution >= 4 is 17.4 Å². The first-order valence-electron chi connectivity index (χ1n) is 11.6. The highest BCUT2D eigenvalue weighted by Crippen LogP contribution is 2.47. The van der Waals surface area contributed by atoms with Gasteiger partial charge in [-0.1, -0.05) is 11.6 Å². The summed E-state index contributed by atoms with van der Waals surface area (Å²) >= 11 is 6.27. The van der Waals surface area contributed by atoms with E-state index in [2.05, 4.69) is 20.1 Å². The van der Waals surface area contributed by atoms with Gasteiger partial charge in [0.05, 0.1) is 31.6 Å². The third-order valence-electron chi connectivity index (χ3n) is 7.20. The van der Waals surface area contributed by atoms with E-state index in [0.717, 1.165) is 29.9 Å². The molecular weight excluding hydrogens is 481 g/mol. The van der Waals surface area contributed by atoms with Crippen LogP contribution in [0.3, 0.4) is 0 Å². The van der Waals surface area contributed by atoms with Crippen LogP contribution >= 0.6 is 11.6 Å². The maximum absolute atomic E-state index is 13.9. The van der Waals surface area contributed by atoms with E-state index in [-0.39, 0.29) is 18.1 Å². The fraction of sp³-hybridized carbons (Fsp3) is 0.458. The standard InChI is InChI=1S/C24H24ClF3N6O/c1-35-19-9-21(29-11-17(19)26)32-6-4-14(5-7-32)23-31-30-22-13-33(20-10-24(20,27)28)12-15-8-16(25)2-3-18(15)34(22)23/h2-3,8-9,11,14,20H,4-7,10,12-13H2,1H3. The van der Waals surface area contributed by atoms with Crippen LogP contribution in [0.15, 0.2) is 30.5 Å². The lowest BCUT2D eigenvalue weighted by Gasteiger charge is -2.32. The maximum atomic E-state index is 13.9. The first-order chi connectivity index (χ1) is 16.8. The van der Waals surface area contributed by atoms with E-state index in [9.17, 15) is 13.2 Å². The van der Waals surface area contributed by atoms with Crippen LogP contribution in [0.5, 0.6) is 5.75 Å². The molecule has 35 heavy (non-hydrogen) atoms. The molecule has 0 spiro atoms. The number of aromatic nitrogens is 4. The monoisotopic (exact) mass is 504 g/mol. The van der Waals surface area contributed by atoms with Crippen molar-refractivity contribution in [3.63, 3.8) is 0 Å². The SMILES string of the molecule is COc1cc(N2CCC(c3nnc4n3-c3ccc(Cl)cc3CN(C3CC3(F)F)C4)CC2)ncc1F. The predicted octanol–water partition coefficient (Wildman–Crippen LogP) is 4.57. The first kappa shape index (κ1) is 22.6. The van der Waals surface area contributed by atoms with Crippen LogP contribution in [-0.2, 0) is 13.1 Å². The van der Waals surface area contributed by atoms with Crippen LogP contribution < -0.4 is 9.64 Å². The molecule has 1 unspecified atom stereocenters. The Morgan fingerprint density at radius 2 is 1.89 bits per heavy atom. The number of benzene rings is 1. The first-order valence-corrected chi connectivity index (χ1v) is 12.0. The van der Waals surface area contributed by atoms with Crippen LogP contribution in [0.4, 0.5) is 19.0 Å². The molecule has 2 aromatic heterocycles. The second-order valence-electron chi connectivity index (χ2n) is 9.41. The number of nitrogens with zero attached hydrogens (tertiary/aromatic N) is 6. The molecular formula is C24H24ClF3N6O. The van der Waals surface area contributed by atoms with Gasteiger partial charge in [0.2, 0.25) is 0 Å². The molecule has 3 aromatic rings. The van der Waals surface area contributed by atoms with Gasteiger partial charge in [-0.15, -0.1) is 10.2 Å². The summed E-state index contributed by atoms with van der Waals surface area (Å²) in [5, 5.41) is 9.54. The molecule has 0 N–H and O–H groups in total. The van der Waals surface area contributed by atoms with Gasteiger partial charge in [0.1, 0.15) is 11.6 Å². The zero-order chi connectivity index (χ0) is 24.3. The summed E-state index contributed by atoms with van der Waals surface area (Å²) in [7, 11) is 1.43. The maximum Gasteiger partial charge on any atom is 0.265 e. The van der Waals surface area contributed by atoms with Gasteiger partial charge in [-0.05, 0) is 36.6 Å². The number of fused-ring (bicyclic) bond motifs is 3. The second kappa shape index (κ2) is 8.37. The summed E-state index contributed by atoms with van der Waals surface area (Å²) in [5.74, 6) is -0.695. The molecule has 1 saturated carbocycles. The zero-order valence-corrected chi connectivity index (χ0v) is 19.9. The Kier molecular flexibility index (Phi) is 5.41. The van der Waals surface area contributed by atoms with E-state index >= 15 is 0 Å². The van der Waals surface area contributed by atoms with Crippen LogP contribution in [0.2, 0.25) is 5.02 Å². The lowest BCUT2D eigenvalue weighted by molar-refractivity contribution is 0.0663. The van der Waals surface area contributed by atoms with Gasteiger partial charge in [-0.3, -0.25) is 9.47 Å². The van der Waals surface area contributed by atoms with Crippen molar-refractivity contribution in [1.29, 1.82) is 0 Å². The quantitative estimate of drug-likeness (QED) is 0.519. The lowest BCUT2D eigenvalue weighted by atomic mass is 9.95. The number of halogens is 4. The molecule has 1 saturated heterocycles. The highest BCUT2D eigenvalue weighted by molar-refractivity contribution is 6.30. The lowest BCUT2D eigenvalue weighted by Crippen LogP contribution is -2.34. The van der Waals surface area contributed by atoms with Crippen molar-refractivity contribution in [2.45, 2.75) is 50.2 Å². The average Bonchev–Trinajstić information content (AvgIpc) is 3.35. The molecule has 3 aliphatic rings. The number of anilines is 1. The van der Waals surface area contributed by atoms with E-state index in [4.69, 9.17) is 16.3 Å². The summed E-state index contributed by atoms with van der Waals surface area (Å²) in [4.78, 5) is 8.10. The summed E-state index contributed by atoms with van der Waals surface area (Å²) in [6, 6.07) is 6.41. The zero-order valence-electron chi connectivity index (χ0n) is 19.1. The van der Waals surface area contributed by atoms with Gasteiger partial charge in [-0.25, -0.2) is 18.2 Å². The highest BCUT2D eigenvalue weighted by Gasteiger charge is 2.60. The van der Waals surface area contributed by atoms with Crippen LogP contribution in [0.1, 0.15) is 42.4 Å². The van der Waals surface area contributed by atoms with E-state index in [1.807, 2.05) is 22.8 Å². The number of hydrogen-bond acceptors (Lipinski definition) is 6. The summed E-state index contributed by atoms with van der Waals surface area (Å²) in [6.45, 7) is 2.11. The van der Waals surface area contributed by atoms with Crippen molar-refractivity contribution in [3.8, 4) is 11.4 Å². The molecule has 6 rings (SSSR count). The van der Waals surface area contributed by atoms with Crippen LogP contribution in [0, 0.1) is 5.82 Å². The minimum atomic E-state index is -2.67. The fourth-order valence-electron chi connectivity index (χ4n) is 5.24. The van der Waals surface area contributed by atoms with Gasteiger partial charge in [0.25, 0.3) is 5.92 Å².